The summed E-state index contributed by atoms with van der Waals surface area (Å²) in [4.78, 5) is 7.06. The van der Waals surface area contributed by atoms with E-state index in [2.05, 4.69) is 69.1 Å². The molecule has 0 spiro atoms. The molecule has 1 aliphatic heterocycles. The predicted octanol–water partition coefficient (Wildman–Crippen LogP) is 5.57. The number of rotatable bonds is 2. The van der Waals surface area contributed by atoms with E-state index in [1.807, 2.05) is 5.51 Å². The van der Waals surface area contributed by atoms with E-state index in [1.165, 1.54) is 38.7 Å². The van der Waals surface area contributed by atoms with Crippen LogP contribution < -0.4 is 0 Å². The molecule has 1 atom stereocenters. The predicted molar refractivity (Wildman–Crippen MR) is 101 cm³/mol. The van der Waals surface area contributed by atoms with Crippen molar-refractivity contribution in [2.75, 3.05) is 6.54 Å². The second kappa shape index (κ2) is 6.34. The van der Waals surface area contributed by atoms with Gasteiger partial charge in [0.15, 0.2) is 0 Å². The van der Waals surface area contributed by atoms with Crippen LogP contribution in [0.4, 0.5) is 0 Å². The van der Waals surface area contributed by atoms with Crippen LogP contribution in [-0.2, 0) is 13.0 Å². The topological polar surface area (TPSA) is 16.1 Å². The summed E-state index contributed by atoms with van der Waals surface area (Å²) < 4.78 is 2.46. The summed E-state index contributed by atoms with van der Waals surface area (Å²) in [6, 6.07) is 13.9. The average molecular weight is 387 g/mol. The highest BCUT2D eigenvalue weighted by atomic mass is 79.9. The van der Waals surface area contributed by atoms with Gasteiger partial charge >= 0.3 is 0 Å². The maximum atomic E-state index is 4.47. The Balaban J connectivity index is 1.62. The maximum absolute atomic E-state index is 4.47. The number of nitrogens with zero attached hydrogens (tertiary/aromatic N) is 2. The summed E-state index contributed by atoms with van der Waals surface area (Å²) in [5.41, 5.74) is 7.37. The van der Waals surface area contributed by atoms with Gasteiger partial charge in [0.2, 0.25) is 0 Å². The third-order valence-electron chi connectivity index (χ3n) is 4.82. The van der Waals surface area contributed by atoms with Gasteiger partial charge in [0, 0.05) is 17.1 Å². The molecule has 23 heavy (non-hydrogen) atoms. The van der Waals surface area contributed by atoms with Gasteiger partial charge in [-0.15, -0.1) is 11.3 Å². The third-order valence-corrected chi connectivity index (χ3v) is 6.12. The summed E-state index contributed by atoms with van der Waals surface area (Å²) >= 11 is 5.31. The van der Waals surface area contributed by atoms with E-state index in [9.17, 15) is 0 Å². The molecule has 4 heteroatoms. The highest BCUT2D eigenvalue weighted by Gasteiger charge is 2.20. The van der Waals surface area contributed by atoms with Gasteiger partial charge < -0.3 is 0 Å². The Morgan fingerprint density at radius 3 is 3.00 bits per heavy atom. The molecule has 4 rings (SSSR count). The minimum absolute atomic E-state index is 0.413. The van der Waals surface area contributed by atoms with Crippen molar-refractivity contribution < 1.29 is 0 Å². The van der Waals surface area contributed by atoms with Crippen molar-refractivity contribution >= 4 is 37.5 Å². The first kappa shape index (κ1) is 15.3. The van der Waals surface area contributed by atoms with Crippen molar-refractivity contribution in [3.8, 4) is 0 Å². The molecule has 0 fully saturated rings. The molecule has 2 aromatic carbocycles. The van der Waals surface area contributed by atoms with E-state index in [1.54, 1.807) is 11.3 Å². The molecule has 0 N–H and O–H groups in total. The van der Waals surface area contributed by atoms with Crippen LogP contribution in [0.2, 0.25) is 0 Å². The molecule has 0 radical (unpaired) electrons. The molecule has 0 saturated heterocycles. The van der Waals surface area contributed by atoms with Crippen LogP contribution in [0.5, 0.6) is 0 Å². The number of thiazole rings is 1. The number of benzene rings is 2. The van der Waals surface area contributed by atoms with Gasteiger partial charge in [-0.2, -0.15) is 0 Å². The van der Waals surface area contributed by atoms with Crippen LogP contribution in [0, 0.1) is 0 Å². The van der Waals surface area contributed by atoms with E-state index >= 15 is 0 Å². The van der Waals surface area contributed by atoms with E-state index in [0.29, 0.717) is 6.04 Å². The van der Waals surface area contributed by atoms with Gasteiger partial charge in [-0.25, -0.2) is 4.98 Å². The summed E-state index contributed by atoms with van der Waals surface area (Å²) in [5, 5.41) is 0. The molecule has 0 saturated carbocycles. The van der Waals surface area contributed by atoms with Crippen molar-refractivity contribution in [1.82, 2.24) is 9.88 Å². The second-order valence-electron chi connectivity index (χ2n) is 6.24. The fourth-order valence-corrected chi connectivity index (χ4v) is 4.50. The molecular weight excluding hydrogens is 368 g/mol. The second-order valence-corrected chi connectivity index (χ2v) is 8.04. The summed E-state index contributed by atoms with van der Waals surface area (Å²) in [5.74, 6) is 0. The van der Waals surface area contributed by atoms with Crippen LogP contribution >= 0.6 is 27.3 Å². The molecule has 118 valence electrons. The van der Waals surface area contributed by atoms with Crippen LogP contribution in [0.1, 0.15) is 36.1 Å². The molecule has 1 aliphatic rings. The smallest absolute Gasteiger partial charge is 0.0815 e. The van der Waals surface area contributed by atoms with Crippen molar-refractivity contribution in [3.63, 3.8) is 0 Å². The Hall–Kier alpha value is -1.23. The van der Waals surface area contributed by atoms with Crippen LogP contribution in [0.25, 0.3) is 10.2 Å². The Morgan fingerprint density at radius 2 is 2.09 bits per heavy atom. The summed E-state index contributed by atoms with van der Waals surface area (Å²) in [7, 11) is 0. The normalized spacial score (nSPS) is 17.0. The van der Waals surface area contributed by atoms with Gasteiger partial charge in [0.25, 0.3) is 0 Å². The number of hydrogen-bond acceptors (Lipinski definition) is 3. The van der Waals surface area contributed by atoms with Crippen molar-refractivity contribution in [2.24, 2.45) is 0 Å². The Bertz CT molecular complexity index is 842. The Morgan fingerprint density at radius 1 is 1.17 bits per heavy atom. The first-order chi connectivity index (χ1) is 11.2. The number of halogens is 1. The summed E-state index contributed by atoms with van der Waals surface area (Å²) in [6.45, 7) is 4.48. The molecule has 0 unspecified atom stereocenters. The van der Waals surface area contributed by atoms with E-state index in [0.717, 1.165) is 18.6 Å². The lowest BCUT2D eigenvalue weighted by molar-refractivity contribution is 0.205. The van der Waals surface area contributed by atoms with Crippen LogP contribution in [-0.4, -0.2) is 16.4 Å². The third kappa shape index (κ3) is 3.08. The molecule has 2 nitrogen and oxygen atoms in total. The van der Waals surface area contributed by atoms with Crippen LogP contribution in [0.15, 0.2) is 46.4 Å². The first-order valence-corrected chi connectivity index (χ1v) is 9.72. The number of hydrogen-bond donors (Lipinski definition) is 0. The molecule has 0 aliphatic carbocycles. The standard InChI is InChI=1S/C19H19BrN2S/c1-13(14-5-7-19-18(10-14)21-12-23-19)22-8-2-3-15-9-17(20)6-4-16(15)11-22/h4-7,9-10,12-13H,2-3,8,11H2,1H3/t13-/m1/s1. The number of fused-ring (bicyclic) bond motifs is 2. The van der Waals surface area contributed by atoms with E-state index in [4.69, 9.17) is 0 Å². The number of aromatic nitrogens is 1. The van der Waals surface area contributed by atoms with E-state index < -0.39 is 0 Å². The highest BCUT2D eigenvalue weighted by Crippen LogP contribution is 2.30. The number of aryl methyl sites for hydroxylation is 1. The van der Waals surface area contributed by atoms with Gasteiger partial charge in [-0.1, -0.05) is 28.1 Å². The van der Waals surface area contributed by atoms with E-state index in [-0.39, 0.29) is 0 Å². The maximum Gasteiger partial charge on any atom is 0.0815 e. The molecular formula is C19H19BrN2S. The minimum Gasteiger partial charge on any atom is -0.292 e. The fourth-order valence-electron chi connectivity index (χ4n) is 3.43. The molecule has 0 bridgehead atoms. The van der Waals surface area contributed by atoms with Gasteiger partial charge in [0.05, 0.1) is 15.7 Å². The van der Waals surface area contributed by atoms with Crippen molar-refractivity contribution in [2.45, 2.75) is 32.4 Å². The lowest BCUT2D eigenvalue weighted by atomic mass is 10.0. The fraction of sp³-hybridized carbons (Fsp3) is 0.316. The quantitative estimate of drug-likeness (QED) is 0.572. The molecule has 2 heterocycles. The van der Waals surface area contributed by atoms with Crippen molar-refractivity contribution in [1.29, 1.82) is 0 Å². The van der Waals surface area contributed by atoms with Gasteiger partial charge in [-0.3, -0.25) is 4.90 Å². The van der Waals surface area contributed by atoms with Crippen LogP contribution in [0.3, 0.4) is 0 Å². The van der Waals surface area contributed by atoms with Crippen molar-refractivity contribution in [3.05, 3.63) is 63.1 Å². The SMILES string of the molecule is C[C@H](c1ccc2scnc2c1)N1CCCc2cc(Br)ccc2C1. The van der Waals surface area contributed by atoms with Gasteiger partial charge in [0.1, 0.15) is 0 Å². The molecule has 3 aromatic rings. The summed E-state index contributed by atoms with van der Waals surface area (Å²) in [6.07, 6.45) is 2.38. The zero-order valence-electron chi connectivity index (χ0n) is 13.1. The first-order valence-electron chi connectivity index (χ1n) is 8.05. The zero-order chi connectivity index (χ0) is 15.8. The Kier molecular flexibility index (Phi) is 4.22. The van der Waals surface area contributed by atoms with Gasteiger partial charge in [-0.05, 0) is 67.3 Å². The monoisotopic (exact) mass is 386 g/mol. The largest absolute Gasteiger partial charge is 0.292 e. The minimum atomic E-state index is 0.413. The zero-order valence-corrected chi connectivity index (χ0v) is 15.5. The lowest BCUT2D eigenvalue weighted by Crippen LogP contribution is -2.26. The highest BCUT2D eigenvalue weighted by molar-refractivity contribution is 9.10. The molecule has 1 aromatic heterocycles. The Labute approximate surface area is 149 Å². The molecule has 0 amide bonds. The lowest BCUT2D eigenvalue weighted by Gasteiger charge is -2.28. The average Bonchev–Trinajstić information content (AvgIpc) is 2.92.